The average molecular weight is 603 g/mol. The van der Waals surface area contributed by atoms with E-state index in [4.69, 9.17) is 4.74 Å². The molecule has 1 aliphatic carbocycles. The van der Waals surface area contributed by atoms with Gasteiger partial charge in [0.15, 0.2) is 6.17 Å². The van der Waals surface area contributed by atoms with Crippen LogP contribution < -0.4 is 20.7 Å². The van der Waals surface area contributed by atoms with Crippen LogP contribution in [0.25, 0.3) is 0 Å². The molecule has 1 unspecified atom stereocenters. The van der Waals surface area contributed by atoms with E-state index in [-0.39, 0.29) is 18.4 Å². The molecule has 1 atom stereocenters. The Labute approximate surface area is 259 Å². The van der Waals surface area contributed by atoms with Crippen molar-refractivity contribution in [3.63, 3.8) is 0 Å². The van der Waals surface area contributed by atoms with Gasteiger partial charge in [-0.15, -0.1) is 0 Å². The van der Waals surface area contributed by atoms with Crippen LogP contribution in [0.5, 0.6) is 5.75 Å². The van der Waals surface area contributed by atoms with E-state index in [2.05, 4.69) is 22.9 Å². The molecule has 2 rings (SSSR count). The van der Waals surface area contributed by atoms with Crippen LogP contribution in [0.3, 0.4) is 0 Å². The first-order chi connectivity index (χ1) is 20.9. The fourth-order valence-electron chi connectivity index (χ4n) is 5.50. The summed E-state index contributed by atoms with van der Waals surface area (Å²) in [5.74, 6) is 0.453. The Kier molecular flexibility index (Phi) is 19.2. The minimum atomic E-state index is -1.08. The van der Waals surface area contributed by atoms with E-state index in [9.17, 15) is 19.6 Å². The topological polar surface area (TPSA) is 120 Å². The summed E-state index contributed by atoms with van der Waals surface area (Å²) < 4.78 is 5.78. The smallest absolute Gasteiger partial charge is 0.289 e. The third kappa shape index (κ3) is 16.6. The molecule has 1 saturated carbocycles. The first kappa shape index (κ1) is 36.4. The Morgan fingerprint density at radius 2 is 1.49 bits per heavy atom. The fraction of sp³-hybridized carbons (Fsp3) is 0.735. The van der Waals surface area contributed by atoms with Gasteiger partial charge in [-0.3, -0.25) is 19.6 Å². The van der Waals surface area contributed by atoms with Crippen molar-refractivity contribution in [3.8, 4) is 5.75 Å². The SMILES string of the molecule is CCCCCCCCCCCCNC(=O)CCCOc1ccc(NC(NC(=O)CCC2CCCC2)C(=O)N(O)CC)cc1. The van der Waals surface area contributed by atoms with E-state index in [0.717, 1.165) is 32.2 Å². The molecule has 0 spiro atoms. The van der Waals surface area contributed by atoms with Crippen molar-refractivity contribution < 1.29 is 24.3 Å². The summed E-state index contributed by atoms with van der Waals surface area (Å²) in [6.45, 7) is 5.18. The normalized spacial score (nSPS) is 13.8. The lowest BCUT2D eigenvalue weighted by molar-refractivity contribution is -0.166. The number of anilines is 1. The summed E-state index contributed by atoms with van der Waals surface area (Å²) in [6, 6.07) is 7.06. The van der Waals surface area contributed by atoms with Crippen LogP contribution in [0.4, 0.5) is 5.69 Å². The van der Waals surface area contributed by atoms with E-state index in [1.54, 1.807) is 31.2 Å². The number of benzene rings is 1. The number of unbranched alkanes of at least 4 members (excludes halogenated alkanes) is 9. The van der Waals surface area contributed by atoms with Gasteiger partial charge in [-0.2, -0.15) is 0 Å². The highest BCUT2D eigenvalue weighted by Gasteiger charge is 2.25. The Bertz CT molecular complexity index is 905. The maximum atomic E-state index is 12.7. The van der Waals surface area contributed by atoms with Crippen LogP contribution >= 0.6 is 0 Å². The zero-order chi connectivity index (χ0) is 31.1. The Morgan fingerprint density at radius 1 is 0.860 bits per heavy atom. The van der Waals surface area contributed by atoms with E-state index >= 15 is 0 Å². The molecule has 9 nitrogen and oxygen atoms in total. The molecule has 1 aromatic carbocycles. The van der Waals surface area contributed by atoms with Gasteiger partial charge in [-0.1, -0.05) is 90.4 Å². The van der Waals surface area contributed by atoms with Crippen molar-refractivity contribution in [2.75, 3.05) is 25.0 Å². The highest BCUT2D eigenvalue weighted by atomic mass is 16.5. The lowest BCUT2D eigenvalue weighted by atomic mass is 10.0. The summed E-state index contributed by atoms with van der Waals surface area (Å²) in [7, 11) is 0. The van der Waals surface area contributed by atoms with Gasteiger partial charge in [-0.05, 0) is 56.4 Å². The number of carbonyl (C=O) groups excluding carboxylic acids is 3. The lowest BCUT2D eigenvalue weighted by Crippen LogP contribution is -2.51. The Hall–Kier alpha value is -2.81. The summed E-state index contributed by atoms with van der Waals surface area (Å²) in [5, 5.41) is 19.3. The van der Waals surface area contributed by atoms with E-state index in [0.29, 0.717) is 48.3 Å². The van der Waals surface area contributed by atoms with Crippen LogP contribution in [-0.2, 0) is 14.4 Å². The number of hydrogen-bond donors (Lipinski definition) is 4. The summed E-state index contributed by atoms with van der Waals surface area (Å²) >= 11 is 0. The molecule has 0 saturated heterocycles. The molecule has 1 aliphatic rings. The molecule has 0 radical (unpaired) electrons. The number of hydrogen-bond acceptors (Lipinski definition) is 6. The quantitative estimate of drug-likeness (QED) is 0.0440. The number of nitrogens with zero attached hydrogens (tertiary/aromatic N) is 1. The second kappa shape index (κ2) is 22.7. The zero-order valence-electron chi connectivity index (χ0n) is 26.8. The Morgan fingerprint density at radius 3 is 2.12 bits per heavy atom. The van der Waals surface area contributed by atoms with Gasteiger partial charge in [0.05, 0.1) is 6.61 Å². The van der Waals surface area contributed by atoms with Crippen molar-refractivity contribution in [3.05, 3.63) is 24.3 Å². The monoisotopic (exact) mass is 602 g/mol. The predicted octanol–water partition coefficient (Wildman–Crippen LogP) is 6.95. The first-order valence-electron chi connectivity index (χ1n) is 17.0. The number of carbonyl (C=O) groups is 3. The van der Waals surface area contributed by atoms with Crippen molar-refractivity contribution in [1.29, 1.82) is 0 Å². The molecule has 244 valence electrons. The van der Waals surface area contributed by atoms with E-state index < -0.39 is 12.1 Å². The second-order valence-corrected chi connectivity index (χ2v) is 11.9. The van der Waals surface area contributed by atoms with Gasteiger partial charge in [0.25, 0.3) is 5.91 Å². The van der Waals surface area contributed by atoms with Gasteiger partial charge >= 0.3 is 0 Å². The van der Waals surface area contributed by atoms with Crippen molar-refractivity contribution >= 4 is 23.4 Å². The third-order valence-corrected chi connectivity index (χ3v) is 8.20. The molecule has 4 N–H and O–H groups in total. The molecule has 1 fully saturated rings. The van der Waals surface area contributed by atoms with E-state index in [1.807, 2.05) is 0 Å². The highest BCUT2D eigenvalue weighted by Crippen LogP contribution is 2.28. The molecular weight excluding hydrogens is 544 g/mol. The second-order valence-electron chi connectivity index (χ2n) is 11.9. The molecular formula is C34H58N4O5. The third-order valence-electron chi connectivity index (χ3n) is 8.20. The molecule has 3 amide bonds. The number of ether oxygens (including phenoxy) is 1. The summed E-state index contributed by atoms with van der Waals surface area (Å²) in [6.07, 6.45) is 18.7. The number of amides is 3. The van der Waals surface area contributed by atoms with Gasteiger partial charge in [0.1, 0.15) is 5.75 Å². The first-order valence-corrected chi connectivity index (χ1v) is 17.0. The molecule has 0 aromatic heterocycles. The van der Waals surface area contributed by atoms with Crippen LogP contribution in [0.1, 0.15) is 129 Å². The maximum Gasteiger partial charge on any atom is 0.289 e. The molecule has 43 heavy (non-hydrogen) atoms. The van der Waals surface area contributed by atoms with Crippen molar-refractivity contribution in [2.45, 2.75) is 136 Å². The maximum absolute atomic E-state index is 12.7. The molecule has 1 aromatic rings. The molecule has 0 heterocycles. The minimum absolute atomic E-state index is 0.0603. The van der Waals surface area contributed by atoms with Crippen LogP contribution in [0.15, 0.2) is 24.3 Å². The van der Waals surface area contributed by atoms with Gasteiger partial charge < -0.3 is 20.7 Å². The number of nitrogens with one attached hydrogen (secondary N) is 3. The average Bonchev–Trinajstić information content (AvgIpc) is 3.54. The molecule has 0 bridgehead atoms. The number of hydroxylamine groups is 2. The van der Waals surface area contributed by atoms with E-state index in [1.165, 1.54) is 70.6 Å². The number of likely N-dealkylation sites (N-methyl/N-ethyl adjacent to an activating group) is 1. The summed E-state index contributed by atoms with van der Waals surface area (Å²) in [4.78, 5) is 37.4. The molecule has 0 aliphatic heterocycles. The summed E-state index contributed by atoms with van der Waals surface area (Å²) in [5.41, 5.74) is 0.609. The highest BCUT2D eigenvalue weighted by molar-refractivity contribution is 5.88. The van der Waals surface area contributed by atoms with Crippen LogP contribution in [-0.4, -0.2) is 53.9 Å². The fourth-order valence-corrected chi connectivity index (χ4v) is 5.50. The predicted molar refractivity (Wildman–Crippen MR) is 172 cm³/mol. The molecule has 9 heteroatoms. The van der Waals surface area contributed by atoms with Gasteiger partial charge in [0, 0.05) is 31.6 Å². The van der Waals surface area contributed by atoms with Gasteiger partial charge in [0.2, 0.25) is 11.8 Å². The Balaban J connectivity index is 1.61. The van der Waals surface area contributed by atoms with Crippen LogP contribution in [0.2, 0.25) is 0 Å². The van der Waals surface area contributed by atoms with Crippen LogP contribution in [0, 0.1) is 5.92 Å². The minimum Gasteiger partial charge on any atom is -0.494 e. The van der Waals surface area contributed by atoms with Crippen molar-refractivity contribution in [1.82, 2.24) is 15.7 Å². The zero-order valence-corrected chi connectivity index (χ0v) is 26.8. The lowest BCUT2D eigenvalue weighted by Gasteiger charge is -2.24. The number of rotatable bonds is 24. The van der Waals surface area contributed by atoms with Gasteiger partial charge in [-0.25, -0.2) is 5.06 Å². The standard InChI is InChI=1S/C34H58N4O5/c1-3-5-6-7-8-9-10-11-12-15-26-35-31(39)19-16-27-43-30-23-21-29(22-24-30)36-33(34(41)38(42)4-2)37-32(40)25-20-28-17-13-14-18-28/h21-24,28,33,36,42H,3-20,25-27H2,1-2H3,(H,35,39)(H,37,40). The van der Waals surface area contributed by atoms with Crippen molar-refractivity contribution in [2.24, 2.45) is 5.92 Å². The largest absolute Gasteiger partial charge is 0.494 e.